The Morgan fingerprint density at radius 1 is 1.23 bits per heavy atom. The van der Waals surface area contributed by atoms with Crippen LogP contribution in [0, 0.1) is 27.7 Å². The zero-order valence-corrected chi connectivity index (χ0v) is 21.9. The highest BCUT2D eigenvalue weighted by Gasteiger charge is 2.38. The second-order valence-electron chi connectivity index (χ2n) is 8.47. The summed E-state index contributed by atoms with van der Waals surface area (Å²) in [5.74, 6) is -1.63. The highest BCUT2D eigenvalue weighted by Crippen LogP contribution is 2.38. The van der Waals surface area contributed by atoms with Crippen LogP contribution in [0.2, 0.25) is 5.02 Å². The van der Waals surface area contributed by atoms with Crippen LogP contribution in [0.1, 0.15) is 86.3 Å². The molecule has 35 heavy (non-hydrogen) atoms. The Labute approximate surface area is 235 Å². The number of piperazine rings is 1. The molecule has 5 nitrogen and oxygen atoms in total. The summed E-state index contributed by atoms with van der Waals surface area (Å²) >= 11 is 6.28. The van der Waals surface area contributed by atoms with E-state index in [4.69, 9.17) is 25.9 Å². The summed E-state index contributed by atoms with van der Waals surface area (Å²) in [4.78, 5) is 12.0. The summed E-state index contributed by atoms with van der Waals surface area (Å²) in [6.45, 7) is -0.991. The van der Waals surface area contributed by atoms with Crippen molar-refractivity contribution in [1.29, 1.82) is 0 Å². The standard InChI is InChI=1S/C29H41ClN2O3/c1-17-9-11-26(23(7)22(17)6)28(25-10-12-27(30)18(2)13-25)32-19(3)14-31(15-20(32)4)21(5)16-35-24(8)29(33)34/h9-13,19-21,24,28H,14-16H2,1-8H3,(H,33,34)/i9D,10D,12D,13D,14D2,15D2,16D2,19D,20D,21D,28D. The van der Waals surface area contributed by atoms with E-state index in [0.717, 1.165) is 20.8 Å². The Bertz CT molecular complexity index is 1640. The van der Waals surface area contributed by atoms with E-state index in [1.807, 2.05) is 0 Å². The van der Waals surface area contributed by atoms with Crippen LogP contribution < -0.4 is 0 Å². The van der Waals surface area contributed by atoms with Crippen molar-refractivity contribution >= 4 is 17.6 Å². The number of hydrogen-bond donors (Lipinski definition) is 1. The molecule has 1 aliphatic heterocycles. The van der Waals surface area contributed by atoms with Crippen LogP contribution in [0.25, 0.3) is 0 Å². The molecule has 1 saturated heterocycles. The number of hydrogen-bond acceptors (Lipinski definition) is 4. The van der Waals surface area contributed by atoms with Gasteiger partial charge in [0.1, 0.15) is 0 Å². The number of benzene rings is 2. The minimum Gasteiger partial charge on any atom is -0.479 e. The molecule has 6 heteroatoms. The second kappa shape index (κ2) is 11.4. The van der Waals surface area contributed by atoms with Crippen molar-refractivity contribution in [2.45, 2.75) is 85.6 Å². The van der Waals surface area contributed by atoms with Crippen molar-refractivity contribution in [2.24, 2.45) is 0 Å². The van der Waals surface area contributed by atoms with Crippen LogP contribution in [0.4, 0.5) is 0 Å². The van der Waals surface area contributed by atoms with E-state index in [9.17, 15) is 19.5 Å². The van der Waals surface area contributed by atoms with Crippen molar-refractivity contribution < 1.29 is 33.8 Å². The number of carboxylic acids is 1. The Morgan fingerprint density at radius 3 is 2.46 bits per heavy atom. The normalized spacial score (nSPS) is 37.2. The molecule has 2 aromatic carbocycles. The molecule has 1 heterocycles. The van der Waals surface area contributed by atoms with Gasteiger partial charge in [0.05, 0.1) is 22.2 Å². The Balaban J connectivity index is 2.62. The van der Waals surface area contributed by atoms with E-state index in [1.165, 1.54) is 19.9 Å². The molecule has 2 aromatic rings. The van der Waals surface area contributed by atoms with Crippen molar-refractivity contribution in [1.82, 2.24) is 9.80 Å². The van der Waals surface area contributed by atoms with E-state index in [1.54, 1.807) is 13.8 Å². The summed E-state index contributed by atoms with van der Waals surface area (Å²) in [5, 5.41) is 9.05. The summed E-state index contributed by atoms with van der Waals surface area (Å²) in [6, 6.07) is -13.2. The van der Waals surface area contributed by atoms with E-state index in [0.29, 0.717) is 23.0 Å². The molecule has 0 amide bonds. The van der Waals surface area contributed by atoms with Gasteiger partial charge in [-0.05, 0) is 94.8 Å². The molecule has 0 radical (unpaired) electrons. The number of carbonyl (C=O) groups is 1. The zero-order chi connectivity index (χ0) is 38.6. The van der Waals surface area contributed by atoms with Gasteiger partial charge in [-0.2, -0.15) is 0 Å². The predicted molar refractivity (Wildman–Crippen MR) is 144 cm³/mol. The average molecular weight is 515 g/mol. The van der Waals surface area contributed by atoms with Crippen molar-refractivity contribution in [3.63, 3.8) is 0 Å². The molecule has 5 atom stereocenters. The number of rotatable bonds is 8. The van der Waals surface area contributed by atoms with Crippen molar-refractivity contribution in [3.05, 3.63) is 68.6 Å². The molecule has 0 bridgehead atoms. The third-order valence-electron chi connectivity index (χ3n) is 5.90. The summed E-state index contributed by atoms with van der Waals surface area (Å²) < 4.78 is 133. The maximum Gasteiger partial charge on any atom is 0.332 e. The van der Waals surface area contributed by atoms with Crippen molar-refractivity contribution in [2.75, 3.05) is 19.6 Å². The van der Waals surface area contributed by atoms with Crippen molar-refractivity contribution in [3.8, 4) is 0 Å². The van der Waals surface area contributed by atoms with E-state index < -0.39 is 79.4 Å². The number of carboxylic acid groups (broad SMARTS) is 1. The maximum atomic E-state index is 11.5. The Morgan fingerprint density at radius 2 is 1.86 bits per heavy atom. The molecule has 192 valence electrons. The lowest BCUT2D eigenvalue weighted by molar-refractivity contribution is -0.150. The van der Waals surface area contributed by atoms with Crippen LogP contribution in [0.3, 0.4) is 0 Å². The molecule has 1 N–H and O–H groups in total. The van der Waals surface area contributed by atoms with Gasteiger partial charge in [-0.25, -0.2) is 4.79 Å². The molecule has 0 spiro atoms. The van der Waals surface area contributed by atoms with Gasteiger partial charge in [0.2, 0.25) is 0 Å². The first-order chi connectivity index (χ1) is 21.7. The molecule has 5 unspecified atom stereocenters. The van der Waals surface area contributed by atoms with E-state index in [-0.39, 0.29) is 32.7 Å². The number of nitrogens with zero attached hydrogens (tertiary/aromatic N) is 2. The summed E-state index contributed by atoms with van der Waals surface area (Å²) in [5.41, 5.74) is 0.285. The maximum absolute atomic E-state index is 11.5. The van der Waals surface area contributed by atoms with Gasteiger partial charge in [-0.3, -0.25) is 9.80 Å². The van der Waals surface area contributed by atoms with Crippen LogP contribution in [-0.4, -0.2) is 64.6 Å². The predicted octanol–water partition coefficient (Wildman–Crippen LogP) is 5.94. The lowest BCUT2D eigenvalue weighted by Crippen LogP contribution is -2.60. The average Bonchev–Trinajstić information content (AvgIpc) is 2.93. The topological polar surface area (TPSA) is 53.0 Å². The van der Waals surface area contributed by atoms with E-state index >= 15 is 0 Å². The van der Waals surface area contributed by atoms with Gasteiger partial charge >= 0.3 is 5.97 Å². The van der Waals surface area contributed by atoms with Gasteiger partial charge in [0.15, 0.2) is 6.10 Å². The smallest absolute Gasteiger partial charge is 0.332 e. The molecular weight excluding hydrogens is 460 g/mol. The van der Waals surface area contributed by atoms with Gasteiger partial charge in [-0.1, -0.05) is 35.8 Å². The van der Waals surface area contributed by atoms with Gasteiger partial charge in [0.25, 0.3) is 0 Å². The highest BCUT2D eigenvalue weighted by atomic mass is 35.5. The molecule has 1 fully saturated rings. The molecule has 1 aliphatic rings. The molecule has 3 rings (SSSR count). The lowest BCUT2D eigenvalue weighted by Gasteiger charge is -2.50. The van der Waals surface area contributed by atoms with Gasteiger partial charge in [-0.15, -0.1) is 0 Å². The Kier molecular flexibility index (Phi) is 4.61. The monoisotopic (exact) mass is 514 g/mol. The van der Waals surface area contributed by atoms with Crippen LogP contribution in [-0.2, 0) is 9.53 Å². The number of ether oxygens (including phenoxy) is 1. The molecule has 0 saturated carbocycles. The largest absolute Gasteiger partial charge is 0.479 e. The first-order valence-electron chi connectivity index (χ1n) is 18.1. The quantitative estimate of drug-likeness (QED) is 0.472. The fourth-order valence-electron chi connectivity index (χ4n) is 3.57. The minimum atomic E-state index is -3.55. The van der Waals surface area contributed by atoms with Crippen LogP contribution >= 0.6 is 11.6 Å². The molecule has 0 aromatic heterocycles. The minimum absolute atomic E-state index is 0.0199. The van der Waals surface area contributed by atoms with E-state index in [2.05, 4.69) is 0 Å². The lowest BCUT2D eigenvalue weighted by atomic mass is 9.87. The fourth-order valence-corrected chi connectivity index (χ4v) is 3.67. The Hall–Kier alpha value is -1.92. The molecule has 0 aliphatic carbocycles. The first-order valence-corrected chi connectivity index (χ1v) is 11.5. The van der Waals surface area contributed by atoms with Gasteiger partial charge in [0, 0.05) is 45.7 Å². The first kappa shape index (κ1) is 14.1. The third kappa shape index (κ3) is 6.08. The number of halogens is 1. The molecular formula is C29H41ClN2O3. The third-order valence-corrected chi connectivity index (χ3v) is 6.28. The summed E-state index contributed by atoms with van der Waals surface area (Å²) in [7, 11) is 0. The van der Waals surface area contributed by atoms with Crippen LogP contribution in [0.5, 0.6) is 0 Å². The summed E-state index contributed by atoms with van der Waals surface area (Å²) in [6.07, 6.45) is -1.88. The SMILES string of the molecule is [2H]c1cc(C([2H])(c2c([2H])c([2H])c(Cl)c(C)c2[2H])N2C([2H])(C)C([2H])([2H])N(C([2H])(C)C([2H])([2H])OC(C)C(=O)O)C([2H])([2H])C2([2H])C)c(C)c(C)c1C. The van der Waals surface area contributed by atoms with Gasteiger partial charge < -0.3 is 9.84 Å². The second-order valence-corrected chi connectivity index (χ2v) is 8.84. The number of aliphatic carboxylic acids is 1. The highest BCUT2D eigenvalue weighted by molar-refractivity contribution is 6.31. The zero-order valence-electron chi connectivity index (χ0n) is 35.2. The fraction of sp³-hybridized carbons (Fsp3) is 0.552. The van der Waals surface area contributed by atoms with Crippen LogP contribution in [0.15, 0.2) is 30.2 Å².